The second-order valence-electron chi connectivity index (χ2n) is 8.44. The maximum Gasteiger partial charge on any atom is 0.290 e. The molecule has 182 valence electrons. The lowest BCUT2D eigenvalue weighted by atomic mass is 9.94. The summed E-state index contributed by atoms with van der Waals surface area (Å²) in [6.45, 7) is 7.72. The van der Waals surface area contributed by atoms with Crippen molar-refractivity contribution in [2.75, 3.05) is 39.4 Å². The van der Waals surface area contributed by atoms with Crippen molar-refractivity contribution in [1.29, 1.82) is 0 Å². The smallest absolute Gasteiger partial charge is 0.290 e. The number of piperidine rings is 1. The maximum absolute atomic E-state index is 13.3. The molecule has 8 heteroatoms. The number of rotatable bonds is 10. The van der Waals surface area contributed by atoms with Gasteiger partial charge in [0.15, 0.2) is 23.0 Å². The third-order valence-corrected chi connectivity index (χ3v) is 6.28. The summed E-state index contributed by atoms with van der Waals surface area (Å²) >= 11 is 0. The molecule has 4 rings (SSSR count). The van der Waals surface area contributed by atoms with Gasteiger partial charge in [-0.3, -0.25) is 9.59 Å². The molecule has 0 radical (unpaired) electrons. The van der Waals surface area contributed by atoms with E-state index in [0.717, 1.165) is 25.9 Å². The van der Waals surface area contributed by atoms with E-state index in [1.807, 2.05) is 19.9 Å². The topological polar surface area (TPSA) is 92.5 Å². The third-order valence-electron chi connectivity index (χ3n) is 6.28. The molecule has 0 bridgehead atoms. The predicted molar refractivity (Wildman–Crippen MR) is 126 cm³/mol. The number of ketones is 1. The summed E-state index contributed by atoms with van der Waals surface area (Å²) < 4.78 is 16.8. The molecule has 0 spiro atoms. The molecule has 1 unspecified atom stereocenters. The van der Waals surface area contributed by atoms with Crippen LogP contribution in [-0.4, -0.2) is 66.0 Å². The molecule has 1 aromatic heterocycles. The molecule has 1 fully saturated rings. The molecule has 1 atom stereocenters. The van der Waals surface area contributed by atoms with Crippen LogP contribution < -0.4 is 9.47 Å². The van der Waals surface area contributed by atoms with Crippen LogP contribution in [0.1, 0.15) is 55.3 Å². The number of carbonyl (C=O) groups is 2. The lowest BCUT2D eigenvalue weighted by Gasteiger charge is -2.32. The van der Waals surface area contributed by atoms with Gasteiger partial charge in [-0.1, -0.05) is 12.5 Å². The largest absolute Gasteiger partial charge is 0.503 e. The summed E-state index contributed by atoms with van der Waals surface area (Å²) in [5.41, 5.74) is 0.683. The van der Waals surface area contributed by atoms with Gasteiger partial charge in [0, 0.05) is 13.1 Å². The zero-order chi connectivity index (χ0) is 24.1. The first kappa shape index (κ1) is 23.9. The summed E-state index contributed by atoms with van der Waals surface area (Å²) in [7, 11) is 0. The Hall–Kier alpha value is -3.26. The van der Waals surface area contributed by atoms with Crippen LogP contribution in [0.3, 0.4) is 0 Å². The first-order valence-electron chi connectivity index (χ1n) is 12.0. The van der Waals surface area contributed by atoms with Crippen molar-refractivity contribution in [1.82, 2.24) is 9.80 Å². The van der Waals surface area contributed by atoms with Gasteiger partial charge < -0.3 is 28.8 Å². The second kappa shape index (κ2) is 10.8. The van der Waals surface area contributed by atoms with Crippen molar-refractivity contribution in [3.63, 3.8) is 0 Å². The number of Topliss-reactive ketones (excluding diaryl/α,β-unsaturated/α-hetero) is 1. The molecule has 34 heavy (non-hydrogen) atoms. The van der Waals surface area contributed by atoms with Gasteiger partial charge in [0.1, 0.15) is 0 Å². The number of hydrogen-bond acceptors (Lipinski definition) is 7. The molecular weight excluding hydrogens is 436 g/mol. The Morgan fingerprint density at radius 1 is 1.06 bits per heavy atom. The van der Waals surface area contributed by atoms with Crippen molar-refractivity contribution < 1.29 is 28.6 Å². The van der Waals surface area contributed by atoms with Gasteiger partial charge in [0.2, 0.25) is 5.78 Å². The summed E-state index contributed by atoms with van der Waals surface area (Å²) in [4.78, 5) is 30.4. The van der Waals surface area contributed by atoms with Gasteiger partial charge in [-0.15, -0.1) is 0 Å². The summed E-state index contributed by atoms with van der Waals surface area (Å²) in [6, 6.07) is 7.76. The van der Waals surface area contributed by atoms with E-state index in [4.69, 9.17) is 13.9 Å². The molecule has 0 aliphatic carbocycles. The van der Waals surface area contributed by atoms with Crippen LogP contribution in [0.5, 0.6) is 11.5 Å². The van der Waals surface area contributed by atoms with E-state index in [1.165, 1.54) is 18.8 Å². The molecule has 1 aromatic carbocycles. The van der Waals surface area contributed by atoms with Gasteiger partial charge in [-0.25, -0.2) is 0 Å². The Balaban J connectivity index is 1.71. The number of furan rings is 1. The minimum absolute atomic E-state index is 0.0187. The van der Waals surface area contributed by atoms with Crippen LogP contribution in [0.15, 0.2) is 52.3 Å². The minimum atomic E-state index is -0.759. The zero-order valence-corrected chi connectivity index (χ0v) is 19.8. The van der Waals surface area contributed by atoms with Crippen molar-refractivity contribution in [2.24, 2.45) is 0 Å². The van der Waals surface area contributed by atoms with Crippen LogP contribution in [-0.2, 0) is 4.79 Å². The summed E-state index contributed by atoms with van der Waals surface area (Å²) in [5.74, 6) is -0.395. The van der Waals surface area contributed by atoms with Crippen LogP contribution in [0, 0.1) is 0 Å². The molecule has 2 aliphatic heterocycles. The van der Waals surface area contributed by atoms with Gasteiger partial charge in [-0.05, 0) is 69.6 Å². The van der Waals surface area contributed by atoms with Crippen molar-refractivity contribution >= 4 is 11.7 Å². The molecular formula is C26H32N2O6. The Morgan fingerprint density at radius 3 is 2.47 bits per heavy atom. The minimum Gasteiger partial charge on any atom is -0.503 e. The highest BCUT2D eigenvalue weighted by Crippen LogP contribution is 2.41. The Labute approximate surface area is 199 Å². The number of aliphatic hydroxyl groups is 1. The number of carbonyl (C=O) groups excluding carboxylic acids is 2. The molecule has 3 heterocycles. The maximum atomic E-state index is 13.3. The lowest BCUT2D eigenvalue weighted by Crippen LogP contribution is -2.40. The number of benzene rings is 1. The van der Waals surface area contributed by atoms with Gasteiger partial charge in [0.05, 0.1) is 31.1 Å². The monoisotopic (exact) mass is 468 g/mol. The highest BCUT2D eigenvalue weighted by Gasteiger charge is 2.44. The summed E-state index contributed by atoms with van der Waals surface area (Å²) in [5, 5.41) is 10.8. The third kappa shape index (κ3) is 4.82. The SMILES string of the molecule is CCOc1ccc(C2C(C(=O)c3ccco3)=C(O)C(=O)N2CCN2CCCCC2)cc1OCC. The van der Waals surface area contributed by atoms with E-state index in [2.05, 4.69) is 4.90 Å². The van der Waals surface area contributed by atoms with Crippen LogP contribution >= 0.6 is 0 Å². The average molecular weight is 469 g/mol. The highest BCUT2D eigenvalue weighted by atomic mass is 16.5. The molecule has 1 saturated heterocycles. The predicted octanol–water partition coefficient (Wildman–Crippen LogP) is 4.14. The second-order valence-corrected chi connectivity index (χ2v) is 8.44. The molecule has 1 N–H and O–H groups in total. The quantitative estimate of drug-likeness (QED) is 0.524. The van der Waals surface area contributed by atoms with Crippen LogP contribution in [0.2, 0.25) is 0 Å². The number of nitrogens with zero attached hydrogens (tertiary/aromatic N) is 2. The van der Waals surface area contributed by atoms with Crippen LogP contribution in [0.25, 0.3) is 0 Å². The molecule has 2 aromatic rings. The van der Waals surface area contributed by atoms with E-state index in [1.54, 1.807) is 23.1 Å². The molecule has 0 saturated carbocycles. The van der Waals surface area contributed by atoms with E-state index in [0.29, 0.717) is 43.4 Å². The first-order valence-corrected chi connectivity index (χ1v) is 12.0. The molecule has 2 aliphatic rings. The van der Waals surface area contributed by atoms with E-state index in [-0.39, 0.29) is 11.3 Å². The van der Waals surface area contributed by atoms with Crippen LogP contribution in [0.4, 0.5) is 0 Å². The van der Waals surface area contributed by atoms with Crippen molar-refractivity contribution in [3.05, 3.63) is 59.3 Å². The number of aliphatic hydroxyl groups excluding tert-OH is 1. The highest BCUT2D eigenvalue weighted by molar-refractivity contribution is 6.15. The number of ether oxygens (including phenoxy) is 2. The number of likely N-dealkylation sites (tertiary alicyclic amines) is 1. The van der Waals surface area contributed by atoms with Gasteiger partial charge >= 0.3 is 0 Å². The average Bonchev–Trinajstić information content (AvgIpc) is 3.47. The Kier molecular flexibility index (Phi) is 7.57. The van der Waals surface area contributed by atoms with E-state index >= 15 is 0 Å². The summed E-state index contributed by atoms with van der Waals surface area (Å²) in [6.07, 6.45) is 4.90. The fourth-order valence-corrected chi connectivity index (χ4v) is 4.67. The lowest BCUT2D eigenvalue weighted by molar-refractivity contribution is -0.129. The Bertz CT molecular complexity index is 1040. The fourth-order valence-electron chi connectivity index (χ4n) is 4.67. The number of amides is 1. The molecule has 1 amide bonds. The first-order chi connectivity index (χ1) is 16.5. The van der Waals surface area contributed by atoms with Gasteiger partial charge in [0.25, 0.3) is 5.91 Å². The Morgan fingerprint density at radius 2 is 1.79 bits per heavy atom. The molecule has 8 nitrogen and oxygen atoms in total. The van der Waals surface area contributed by atoms with Crippen molar-refractivity contribution in [3.8, 4) is 11.5 Å². The van der Waals surface area contributed by atoms with E-state index < -0.39 is 23.5 Å². The normalized spacial score (nSPS) is 19.1. The van der Waals surface area contributed by atoms with Gasteiger partial charge in [-0.2, -0.15) is 0 Å². The fraction of sp³-hybridized carbons (Fsp3) is 0.462. The van der Waals surface area contributed by atoms with E-state index in [9.17, 15) is 14.7 Å². The zero-order valence-electron chi connectivity index (χ0n) is 19.8. The number of hydrogen-bond donors (Lipinski definition) is 1. The van der Waals surface area contributed by atoms with Crippen molar-refractivity contribution in [2.45, 2.75) is 39.2 Å². The standard InChI is InChI=1S/C26H32N2O6/c1-3-32-19-11-10-18(17-21(19)33-4-2)23-22(24(29)20-9-8-16-34-20)25(30)26(31)28(23)15-14-27-12-6-5-7-13-27/h8-11,16-17,23,30H,3-7,12-15H2,1-2H3.